The summed E-state index contributed by atoms with van der Waals surface area (Å²) < 4.78 is 26.1. The summed E-state index contributed by atoms with van der Waals surface area (Å²) in [6.07, 6.45) is 43.3. The van der Waals surface area contributed by atoms with Gasteiger partial charge in [-0.2, -0.15) is 0 Å². The van der Waals surface area contributed by atoms with E-state index in [1.807, 2.05) is 18.2 Å². The van der Waals surface area contributed by atoms with Crippen molar-refractivity contribution >= 4 is 19.8 Å². The molecule has 0 rings (SSSR count). The highest BCUT2D eigenvalue weighted by Gasteiger charge is 2.23. The maximum atomic E-state index is 12.4. The number of carbonyl (C=O) groups excluding carboxylic acids is 2. The molecule has 0 saturated heterocycles. The second kappa shape index (κ2) is 38.1. The van der Waals surface area contributed by atoms with Gasteiger partial charge in [-0.25, -0.2) is 4.57 Å². The van der Waals surface area contributed by atoms with E-state index < -0.39 is 57.4 Å². The molecule has 0 heterocycles. The minimum Gasteiger partial charge on any atom is -0.462 e. The Hall–Kier alpha value is -3.41. The molecule has 322 valence electrons. The lowest BCUT2D eigenvalue weighted by Crippen LogP contribution is -2.29. The van der Waals surface area contributed by atoms with Crippen molar-refractivity contribution in [3.05, 3.63) is 109 Å². The summed E-state index contributed by atoms with van der Waals surface area (Å²) >= 11 is 0. The van der Waals surface area contributed by atoms with Gasteiger partial charge in [0, 0.05) is 12.8 Å². The molecule has 0 aromatic carbocycles. The molecule has 0 bridgehead atoms. The predicted molar refractivity (Wildman–Crippen MR) is 229 cm³/mol. The van der Waals surface area contributed by atoms with Crippen LogP contribution >= 0.6 is 7.82 Å². The van der Waals surface area contributed by atoms with Crippen LogP contribution in [0.4, 0.5) is 0 Å². The summed E-state index contributed by atoms with van der Waals surface area (Å²) in [5.41, 5.74) is 0. The lowest BCUT2D eigenvalue weighted by molar-refractivity contribution is -0.161. The van der Waals surface area contributed by atoms with Crippen molar-refractivity contribution < 1.29 is 53.3 Å². The average Bonchev–Trinajstić information content (AvgIpc) is 3.17. The van der Waals surface area contributed by atoms with Gasteiger partial charge in [0.2, 0.25) is 0 Å². The number of phosphoric acid groups is 1. The number of esters is 2. The zero-order valence-electron chi connectivity index (χ0n) is 34.3. The quantitative estimate of drug-likeness (QED) is 0.0135. The van der Waals surface area contributed by atoms with Gasteiger partial charge in [0.1, 0.15) is 6.61 Å². The van der Waals surface area contributed by atoms with E-state index in [1.54, 1.807) is 42.5 Å². The molecular weight excluding hydrogens is 747 g/mol. The molecule has 0 unspecified atom stereocenters. The highest BCUT2D eigenvalue weighted by atomic mass is 31.2. The second-order valence-corrected chi connectivity index (χ2v) is 14.7. The topological polar surface area (TPSA) is 180 Å². The number of carbonyl (C=O) groups is 2. The van der Waals surface area contributed by atoms with Crippen LogP contribution < -0.4 is 0 Å². The largest absolute Gasteiger partial charge is 0.469 e. The van der Waals surface area contributed by atoms with Gasteiger partial charge in [0.05, 0.1) is 24.9 Å². The van der Waals surface area contributed by atoms with Crippen LogP contribution in [0, 0.1) is 0 Å². The summed E-state index contributed by atoms with van der Waals surface area (Å²) in [4.78, 5) is 42.8. The fourth-order valence-corrected chi connectivity index (χ4v) is 5.27. The third-order valence-corrected chi connectivity index (χ3v) is 8.63. The molecule has 12 heteroatoms. The molecule has 0 aliphatic heterocycles. The summed E-state index contributed by atoms with van der Waals surface area (Å²) in [6.45, 7) is 3.18. The lowest BCUT2D eigenvalue weighted by Gasteiger charge is -2.18. The van der Waals surface area contributed by atoms with E-state index in [-0.39, 0.29) is 25.7 Å². The Balaban J connectivity index is 4.41. The molecule has 0 aromatic rings. The van der Waals surface area contributed by atoms with Gasteiger partial charge < -0.3 is 34.6 Å². The van der Waals surface area contributed by atoms with Crippen LogP contribution in [0.25, 0.3) is 0 Å². The van der Waals surface area contributed by atoms with E-state index in [0.29, 0.717) is 12.8 Å². The van der Waals surface area contributed by atoms with Gasteiger partial charge >= 0.3 is 19.8 Å². The predicted octanol–water partition coefficient (Wildman–Crippen LogP) is 9.31. The molecule has 0 aliphatic carbocycles. The van der Waals surface area contributed by atoms with Crippen LogP contribution in [0.3, 0.4) is 0 Å². The van der Waals surface area contributed by atoms with Crippen molar-refractivity contribution in [3.8, 4) is 0 Å². The molecule has 0 fully saturated rings. The standard InChI is InChI=1S/C45H71O11P/c1-3-5-7-8-9-10-11-12-13-14-15-16-17-18-19-20-21-26-30-36-45(50)56-41(39-55-57(51,52)53)38-54-44(49)37-31-35-43(48)42(47)34-29-25-23-22-24-28-33-40(46)32-27-6-4-2/h9-10,12-13,15-16,18-19,21-26,28-29,33-34,40-43,46-48H,3-8,11,14,17,20,27,30-32,35-39H2,1-2H3,(H2,51,52,53)/b10-9-,13-12-,16-15-,19-18-,24-22-,25-23+,26-21-,33-28+,34-29+/t40-,41-,42-,43-/m1/s1. The van der Waals surface area contributed by atoms with E-state index in [1.165, 1.54) is 25.3 Å². The van der Waals surface area contributed by atoms with E-state index in [4.69, 9.17) is 19.3 Å². The molecular formula is C45H71O11P. The highest BCUT2D eigenvalue weighted by Crippen LogP contribution is 2.36. The minimum absolute atomic E-state index is 0.00817. The van der Waals surface area contributed by atoms with E-state index in [9.17, 15) is 29.5 Å². The van der Waals surface area contributed by atoms with Crippen molar-refractivity contribution in [2.45, 2.75) is 147 Å². The van der Waals surface area contributed by atoms with Gasteiger partial charge in [-0.15, -0.1) is 0 Å². The first-order chi connectivity index (χ1) is 27.5. The van der Waals surface area contributed by atoms with Crippen molar-refractivity contribution in [1.82, 2.24) is 0 Å². The van der Waals surface area contributed by atoms with Gasteiger partial charge in [-0.1, -0.05) is 155 Å². The SMILES string of the molecule is CCCCC/C=C\C/C=C\C/C=C\C/C=C\C/C=C\CCC(=O)O[C@H](COC(=O)CCC[C@@H](O)[C@H](O)/C=C/C=C/C=C\C=C\[C@H](O)CCCCC)COP(=O)(O)O. The zero-order valence-corrected chi connectivity index (χ0v) is 35.2. The Morgan fingerprint density at radius 3 is 1.68 bits per heavy atom. The first-order valence-corrected chi connectivity index (χ1v) is 22.0. The number of hydrogen-bond acceptors (Lipinski definition) is 9. The first kappa shape index (κ1) is 53.6. The average molecular weight is 819 g/mol. The molecule has 11 nitrogen and oxygen atoms in total. The fraction of sp³-hybridized carbons (Fsp3) is 0.556. The number of allylic oxidation sites excluding steroid dienone is 16. The van der Waals surface area contributed by atoms with Crippen LogP contribution in [0.2, 0.25) is 0 Å². The molecule has 5 N–H and O–H groups in total. The van der Waals surface area contributed by atoms with E-state index in [2.05, 4.69) is 60.9 Å². The molecule has 0 spiro atoms. The van der Waals surface area contributed by atoms with Crippen LogP contribution in [0.15, 0.2) is 109 Å². The summed E-state index contributed by atoms with van der Waals surface area (Å²) in [5, 5.41) is 30.3. The van der Waals surface area contributed by atoms with Crippen molar-refractivity contribution in [2.24, 2.45) is 0 Å². The van der Waals surface area contributed by atoms with Crippen molar-refractivity contribution in [3.63, 3.8) is 0 Å². The summed E-state index contributed by atoms with van der Waals surface area (Å²) in [7, 11) is -4.87. The lowest BCUT2D eigenvalue weighted by atomic mass is 10.1. The maximum absolute atomic E-state index is 12.4. The third kappa shape index (κ3) is 39.2. The third-order valence-electron chi connectivity index (χ3n) is 8.14. The number of aliphatic hydroxyl groups excluding tert-OH is 3. The van der Waals surface area contributed by atoms with Gasteiger partial charge in [0.15, 0.2) is 6.10 Å². The molecule has 57 heavy (non-hydrogen) atoms. The smallest absolute Gasteiger partial charge is 0.462 e. The van der Waals surface area contributed by atoms with Crippen LogP contribution in [0.5, 0.6) is 0 Å². The normalized spacial score (nSPS) is 15.3. The number of rotatable bonds is 35. The Bertz CT molecular complexity index is 1340. The van der Waals surface area contributed by atoms with Crippen LogP contribution in [0.1, 0.15) is 123 Å². The Kier molecular flexibility index (Phi) is 35.8. The van der Waals surface area contributed by atoms with Crippen LogP contribution in [-0.2, 0) is 28.2 Å². The van der Waals surface area contributed by atoms with Gasteiger partial charge in [-0.05, 0) is 64.2 Å². The second-order valence-electron chi connectivity index (χ2n) is 13.5. The monoisotopic (exact) mass is 818 g/mol. The Morgan fingerprint density at radius 1 is 0.579 bits per heavy atom. The Morgan fingerprint density at radius 2 is 1.11 bits per heavy atom. The number of unbranched alkanes of at least 4 members (excludes halogenated alkanes) is 5. The van der Waals surface area contributed by atoms with Crippen LogP contribution in [-0.4, -0.2) is 74.7 Å². The zero-order chi connectivity index (χ0) is 42.2. The summed E-state index contributed by atoms with van der Waals surface area (Å²) in [5.74, 6) is -1.32. The van der Waals surface area contributed by atoms with Crippen molar-refractivity contribution in [1.29, 1.82) is 0 Å². The molecule has 4 atom stereocenters. The number of ether oxygens (including phenoxy) is 2. The van der Waals surface area contributed by atoms with Crippen molar-refractivity contribution in [2.75, 3.05) is 13.2 Å². The molecule has 0 saturated carbocycles. The van der Waals surface area contributed by atoms with E-state index in [0.717, 1.165) is 51.4 Å². The first-order valence-electron chi connectivity index (χ1n) is 20.5. The number of phosphoric ester groups is 1. The van der Waals surface area contributed by atoms with Gasteiger partial charge in [-0.3, -0.25) is 14.1 Å². The summed E-state index contributed by atoms with van der Waals surface area (Å²) in [6, 6.07) is 0. The molecule has 0 amide bonds. The molecule has 0 radical (unpaired) electrons. The number of hydrogen-bond donors (Lipinski definition) is 5. The highest BCUT2D eigenvalue weighted by molar-refractivity contribution is 7.46. The fourth-order valence-electron chi connectivity index (χ4n) is 4.91. The Labute approximate surface area is 342 Å². The minimum atomic E-state index is -4.87. The molecule has 0 aromatic heterocycles. The number of aliphatic hydroxyl groups is 3. The maximum Gasteiger partial charge on any atom is 0.469 e. The molecule has 0 aliphatic rings. The van der Waals surface area contributed by atoms with E-state index >= 15 is 0 Å². The van der Waals surface area contributed by atoms with Gasteiger partial charge in [0.25, 0.3) is 0 Å².